The number of carbonyl (C=O) groups is 4. The Bertz CT molecular complexity index is 2460. The van der Waals surface area contributed by atoms with E-state index in [4.69, 9.17) is 37.0 Å². The maximum Gasteiger partial charge on any atom is 0.472 e. The number of hydrogen-bond acceptors (Lipinski definition) is 15. The van der Waals surface area contributed by atoms with Crippen LogP contribution in [0.25, 0.3) is 0 Å². The van der Waals surface area contributed by atoms with Gasteiger partial charge >= 0.3 is 39.5 Å². The zero-order valence-electron chi connectivity index (χ0n) is 63.7. The van der Waals surface area contributed by atoms with E-state index in [1.807, 2.05) is 0 Å². The van der Waals surface area contributed by atoms with E-state index in [0.717, 1.165) is 167 Å². The van der Waals surface area contributed by atoms with Crippen LogP contribution in [-0.2, 0) is 65.4 Å². The van der Waals surface area contributed by atoms with Crippen molar-refractivity contribution in [3.63, 3.8) is 0 Å². The normalized spacial score (nSPS) is 14.6. The highest BCUT2D eigenvalue weighted by atomic mass is 31.2. The highest BCUT2D eigenvalue weighted by molar-refractivity contribution is 7.47. The number of unbranched alkanes of at least 4 members (excludes halogenated alkanes) is 25. The molecule has 0 radical (unpaired) electrons. The third kappa shape index (κ3) is 73.5. The Kier molecular flexibility index (Phi) is 71.0. The van der Waals surface area contributed by atoms with E-state index in [0.29, 0.717) is 32.1 Å². The zero-order chi connectivity index (χ0) is 74.6. The molecule has 102 heavy (non-hydrogen) atoms. The average molecular weight is 1470 g/mol. The van der Waals surface area contributed by atoms with Crippen LogP contribution < -0.4 is 0 Å². The minimum Gasteiger partial charge on any atom is -0.462 e. The Morgan fingerprint density at radius 1 is 0.284 bits per heavy atom. The summed E-state index contributed by atoms with van der Waals surface area (Å²) in [6.07, 6.45) is 83.0. The Balaban J connectivity index is 5.38. The minimum atomic E-state index is -5.00. The van der Waals surface area contributed by atoms with E-state index in [2.05, 4.69) is 161 Å². The minimum absolute atomic E-state index is 0.0338. The van der Waals surface area contributed by atoms with Crippen molar-refractivity contribution < 1.29 is 80.2 Å². The molecule has 5 unspecified atom stereocenters. The molecule has 0 amide bonds. The first kappa shape index (κ1) is 97.2. The SMILES string of the molecule is CC/C=C\C/C=C\C/C=C\C/C=C\CCCCCCC(=O)OCC(COP(=O)(O)OCC(O)COP(=O)(O)OCC(COC(=O)CCCCCCCC/C=C\C/C=C\C/C=C\CCCCC)OC(=O)CCCCCCCCCCCCC)OC(=O)CCCC/C=C\C/C=C\C/C=C\C/C=C\CC. The van der Waals surface area contributed by atoms with Crippen LogP contribution >= 0.6 is 15.6 Å². The fraction of sp³-hybridized carbons (Fsp3) is 0.687. The number of carbonyl (C=O) groups excluding carboxylic acids is 4. The van der Waals surface area contributed by atoms with Gasteiger partial charge < -0.3 is 33.8 Å². The molecule has 0 spiro atoms. The Morgan fingerprint density at radius 3 is 0.824 bits per heavy atom. The van der Waals surface area contributed by atoms with E-state index >= 15 is 0 Å². The number of esters is 4. The van der Waals surface area contributed by atoms with E-state index in [-0.39, 0.29) is 25.7 Å². The monoisotopic (exact) mass is 1470 g/mol. The van der Waals surface area contributed by atoms with Crippen LogP contribution in [0.1, 0.15) is 310 Å². The second kappa shape index (κ2) is 74.5. The smallest absolute Gasteiger partial charge is 0.462 e. The number of ether oxygens (including phenoxy) is 4. The summed E-state index contributed by atoms with van der Waals surface area (Å²) in [7, 11) is -9.98. The summed E-state index contributed by atoms with van der Waals surface area (Å²) in [6.45, 7) is 4.53. The van der Waals surface area contributed by atoms with Gasteiger partial charge in [-0.05, 0) is 141 Å². The first-order chi connectivity index (χ1) is 49.7. The second-order valence-corrected chi connectivity index (χ2v) is 28.8. The summed E-state index contributed by atoms with van der Waals surface area (Å²) in [5, 5.41) is 10.6. The van der Waals surface area contributed by atoms with E-state index in [1.54, 1.807) is 0 Å². The van der Waals surface area contributed by atoms with Crippen LogP contribution in [-0.4, -0.2) is 96.7 Å². The molecule has 0 aromatic rings. The lowest BCUT2D eigenvalue weighted by molar-refractivity contribution is -0.161. The van der Waals surface area contributed by atoms with Crippen LogP contribution in [0.2, 0.25) is 0 Å². The maximum absolute atomic E-state index is 13.1. The molecule has 0 aliphatic carbocycles. The third-order valence-electron chi connectivity index (χ3n) is 16.1. The molecule has 0 aliphatic rings. The van der Waals surface area contributed by atoms with Gasteiger partial charge in [0.1, 0.15) is 19.3 Å². The molecular weight excluding hydrogens is 1330 g/mol. The van der Waals surface area contributed by atoms with Crippen molar-refractivity contribution in [1.82, 2.24) is 0 Å². The predicted molar refractivity (Wildman–Crippen MR) is 418 cm³/mol. The van der Waals surface area contributed by atoms with Crippen LogP contribution in [0, 0.1) is 0 Å². The lowest BCUT2D eigenvalue weighted by Gasteiger charge is -2.21. The molecule has 5 atom stereocenters. The molecule has 0 aliphatic heterocycles. The molecule has 17 nitrogen and oxygen atoms in total. The quantitative estimate of drug-likeness (QED) is 0.0169. The molecule has 584 valence electrons. The molecule has 19 heteroatoms. The van der Waals surface area contributed by atoms with Crippen molar-refractivity contribution in [3.05, 3.63) is 134 Å². The van der Waals surface area contributed by atoms with Gasteiger partial charge in [-0.2, -0.15) is 0 Å². The molecule has 0 fully saturated rings. The number of aliphatic hydroxyl groups excluding tert-OH is 1. The standard InChI is InChI=1S/C83H140O17P2/c1-5-9-13-17-21-25-29-32-35-37-38-40-43-45-49-52-56-60-64-68-80(85)93-73-78(99-82(87)69-65-61-57-53-47-28-24-20-16-12-8-4)75-97-101(89,90)95-71-77(84)72-96-102(91,92)98-76-79(100-83(88)70-66-62-58-54-50-46-41-34-31-27-23-19-15-11-7-3)74-94-81(86)67-63-59-55-51-48-44-42-39-36-33-30-26-22-18-14-10-6-2/h10-11,14-15,21-23,25-27,32-36,38,40-42,44,50,54,77-79,84H,5-9,12-13,16-20,24,28-31,37,39,43,45-49,51-53,55-76H2,1-4H3,(H,89,90)(H,91,92)/b14-10-,15-11-,25-21-,26-22-,27-23-,35-32-,36-33-,40-38-,41-34-,44-42-,54-50-. The van der Waals surface area contributed by atoms with Gasteiger partial charge in [0.2, 0.25) is 0 Å². The lowest BCUT2D eigenvalue weighted by atomic mass is 10.1. The summed E-state index contributed by atoms with van der Waals surface area (Å²) < 4.78 is 68.5. The van der Waals surface area contributed by atoms with Gasteiger partial charge in [0.05, 0.1) is 26.4 Å². The number of phosphoric acid groups is 2. The van der Waals surface area contributed by atoms with Crippen molar-refractivity contribution in [3.8, 4) is 0 Å². The topological polar surface area (TPSA) is 237 Å². The van der Waals surface area contributed by atoms with Gasteiger partial charge in [-0.1, -0.05) is 277 Å². The molecule has 0 bridgehead atoms. The highest BCUT2D eigenvalue weighted by Gasteiger charge is 2.30. The average Bonchev–Trinajstić information content (AvgIpc) is 0.944. The Hall–Kier alpha value is -4.80. The molecule has 3 N–H and O–H groups in total. The Morgan fingerprint density at radius 2 is 0.510 bits per heavy atom. The van der Waals surface area contributed by atoms with Crippen LogP contribution in [0.3, 0.4) is 0 Å². The van der Waals surface area contributed by atoms with Gasteiger partial charge in [-0.3, -0.25) is 37.3 Å². The largest absolute Gasteiger partial charge is 0.472 e. The summed E-state index contributed by atoms with van der Waals surface area (Å²) >= 11 is 0. The van der Waals surface area contributed by atoms with Crippen molar-refractivity contribution >= 4 is 39.5 Å². The third-order valence-corrected chi connectivity index (χ3v) is 18.0. The number of phosphoric ester groups is 2. The number of rotatable bonds is 73. The van der Waals surface area contributed by atoms with Crippen molar-refractivity contribution in [2.45, 2.75) is 329 Å². The summed E-state index contributed by atoms with van der Waals surface area (Å²) in [6, 6.07) is 0. The van der Waals surface area contributed by atoms with Gasteiger partial charge in [0.25, 0.3) is 0 Å². The molecular formula is C83H140O17P2. The second-order valence-electron chi connectivity index (χ2n) is 25.9. The zero-order valence-corrected chi connectivity index (χ0v) is 65.5. The molecule has 0 saturated carbocycles. The number of hydrogen-bond donors (Lipinski definition) is 3. The first-order valence-corrected chi connectivity index (χ1v) is 42.4. The van der Waals surface area contributed by atoms with Crippen molar-refractivity contribution in [2.75, 3.05) is 39.6 Å². The molecule has 0 saturated heterocycles. The maximum atomic E-state index is 13.1. The summed E-state index contributed by atoms with van der Waals surface area (Å²) in [4.78, 5) is 72.9. The first-order valence-electron chi connectivity index (χ1n) is 39.4. The van der Waals surface area contributed by atoms with Crippen LogP contribution in [0.4, 0.5) is 0 Å². The van der Waals surface area contributed by atoms with Crippen molar-refractivity contribution in [2.24, 2.45) is 0 Å². The van der Waals surface area contributed by atoms with E-state index < -0.39 is 97.5 Å². The highest BCUT2D eigenvalue weighted by Crippen LogP contribution is 2.45. The van der Waals surface area contributed by atoms with Crippen LogP contribution in [0.15, 0.2) is 134 Å². The molecule has 0 heterocycles. The van der Waals surface area contributed by atoms with Gasteiger partial charge in [-0.15, -0.1) is 0 Å². The summed E-state index contributed by atoms with van der Waals surface area (Å²) in [5.74, 6) is -2.26. The molecule has 0 aromatic heterocycles. The number of allylic oxidation sites excluding steroid dienone is 22. The lowest BCUT2D eigenvalue weighted by Crippen LogP contribution is -2.30. The fourth-order valence-electron chi connectivity index (χ4n) is 10.1. The molecule has 0 aromatic carbocycles. The molecule has 0 rings (SSSR count). The Labute approximate surface area is 618 Å². The van der Waals surface area contributed by atoms with Gasteiger partial charge in [-0.25, -0.2) is 9.13 Å². The van der Waals surface area contributed by atoms with Crippen LogP contribution in [0.5, 0.6) is 0 Å². The van der Waals surface area contributed by atoms with E-state index in [9.17, 15) is 43.2 Å². The number of aliphatic hydroxyl groups is 1. The fourth-order valence-corrected chi connectivity index (χ4v) is 11.7. The van der Waals surface area contributed by atoms with Gasteiger partial charge in [0, 0.05) is 25.7 Å². The summed E-state index contributed by atoms with van der Waals surface area (Å²) in [5.41, 5.74) is 0. The van der Waals surface area contributed by atoms with Crippen molar-refractivity contribution in [1.29, 1.82) is 0 Å². The van der Waals surface area contributed by atoms with E-state index in [1.165, 1.54) is 57.8 Å². The van der Waals surface area contributed by atoms with Gasteiger partial charge in [0.15, 0.2) is 12.2 Å². The predicted octanol–water partition coefficient (Wildman–Crippen LogP) is 22.9.